The highest BCUT2D eigenvalue weighted by Gasteiger charge is 2.19. The normalized spacial score (nSPS) is 14.2. The van der Waals surface area contributed by atoms with Crippen LogP contribution in [0.2, 0.25) is 0 Å². The summed E-state index contributed by atoms with van der Waals surface area (Å²) < 4.78 is 5.41. The van der Waals surface area contributed by atoms with E-state index in [9.17, 15) is 4.79 Å². The lowest BCUT2D eigenvalue weighted by molar-refractivity contribution is 0.0943. The molecule has 1 aliphatic rings. The molecule has 2 aromatic carbocycles. The van der Waals surface area contributed by atoms with E-state index in [-0.39, 0.29) is 18.3 Å². The van der Waals surface area contributed by atoms with Gasteiger partial charge in [0.2, 0.25) is 0 Å². The number of benzene rings is 2. The predicted octanol–water partition coefficient (Wildman–Crippen LogP) is 3.22. The number of nitrogens with one attached hydrogen (secondary N) is 1. The Balaban J connectivity index is 0.00000256. The van der Waals surface area contributed by atoms with Gasteiger partial charge in [0.05, 0.1) is 7.11 Å². The molecule has 158 valence electrons. The molecule has 6 nitrogen and oxygen atoms in total. The summed E-state index contributed by atoms with van der Waals surface area (Å²) in [6, 6.07) is 18.0. The summed E-state index contributed by atoms with van der Waals surface area (Å²) in [5.41, 5.74) is 1.72. The number of pyridine rings is 1. The number of anilines is 1. The Morgan fingerprint density at radius 3 is 2.63 bits per heavy atom. The molecule has 0 bridgehead atoms. The van der Waals surface area contributed by atoms with Gasteiger partial charge >= 0.3 is 0 Å². The third kappa shape index (κ3) is 5.01. The Morgan fingerprint density at radius 1 is 1.07 bits per heavy atom. The molecule has 0 radical (unpaired) electrons. The molecule has 30 heavy (non-hydrogen) atoms. The number of methoxy groups -OCH3 is 1. The van der Waals surface area contributed by atoms with Crippen molar-refractivity contribution in [2.24, 2.45) is 0 Å². The van der Waals surface area contributed by atoms with Crippen LogP contribution >= 0.6 is 12.4 Å². The smallest absolute Gasteiger partial charge is 0.269 e. The lowest BCUT2D eigenvalue weighted by Crippen LogP contribution is -2.48. The fourth-order valence-corrected chi connectivity index (χ4v) is 3.77. The fraction of sp³-hybridized carbons (Fsp3) is 0.304. The first kappa shape index (κ1) is 21.9. The van der Waals surface area contributed by atoms with Crippen LogP contribution in [0.25, 0.3) is 10.8 Å². The van der Waals surface area contributed by atoms with Crippen molar-refractivity contribution in [3.63, 3.8) is 0 Å². The van der Waals surface area contributed by atoms with Gasteiger partial charge in [0.15, 0.2) is 0 Å². The molecule has 1 fully saturated rings. The molecule has 0 unspecified atom stereocenters. The molecule has 2 heterocycles. The van der Waals surface area contributed by atoms with Crippen LogP contribution in [0.5, 0.6) is 5.75 Å². The number of amides is 1. The van der Waals surface area contributed by atoms with Crippen molar-refractivity contribution >= 4 is 34.8 Å². The molecular formula is C23H27ClN4O2. The Kier molecular flexibility index (Phi) is 7.49. The van der Waals surface area contributed by atoms with E-state index < -0.39 is 0 Å². The summed E-state index contributed by atoms with van der Waals surface area (Å²) in [6.45, 7) is 5.34. The van der Waals surface area contributed by atoms with Crippen LogP contribution in [0.4, 0.5) is 5.69 Å². The second kappa shape index (κ2) is 10.3. The van der Waals surface area contributed by atoms with Crippen LogP contribution in [-0.4, -0.2) is 62.2 Å². The van der Waals surface area contributed by atoms with Crippen molar-refractivity contribution in [3.8, 4) is 5.75 Å². The molecule has 1 amide bonds. The first-order valence-corrected chi connectivity index (χ1v) is 9.98. The first-order valence-electron chi connectivity index (χ1n) is 9.98. The van der Waals surface area contributed by atoms with Crippen LogP contribution < -0.4 is 15.0 Å². The molecule has 1 saturated heterocycles. The highest BCUT2D eigenvalue weighted by Crippen LogP contribution is 2.30. The highest BCUT2D eigenvalue weighted by molar-refractivity contribution is 5.95. The van der Waals surface area contributed by atoms with Crippen molar-refractivity contribution in [3.05, 3.63) is 66.5 Å². The van der Waals surface area contributed by atoms with Gasteiger partial charge in [-0.15, -0.1) is 12.4 Å². The summed E-state index contributed by atoms with van der Waals surface area (Å²) in [6.07, 6.45) is 1.64. The van der Waals surface area contributed by atoms with Gasteiger partial charge in [0.25, 0.3) is 5.91 Å². The van der Waals surface area contributed by atoms with E-state index in [1.165, 1.54) is 16.5 Å². The molecular weight excluding hydrogens is 400 g/mol. The molecule has 0 aliphatic carbocycles. The average molecular weight is 427 g/mol. The van der Waals surface area contributed by atoms with Gasteiger partial charge < -0.3 is 15.0 Å². The van der Waals surface area contributed by atoms with Gasteiger partial charge in [-0.25, -0.2) is 0 Å². The molecule has 0 atom stereocenters. The molecule has 1 aliphatic heterocycles. The van der Waals surface area contributed by atoms with E-state index >= 15 is 0 Å². The second-order valence-corrected chi connectivity index (χ2v) is 7.16. The monoisotopic (exact) mass is 426 g/mol. The van der Waals surface area contributed by atoms with Crippen molar-refractivity contribution in [1.29, 1.82) is 0 Å². The predicted molar refractivity (Wildman–Crippen MR) is 123 cm³/mol. The number of fused-ring (bicyclic) bond motifs is 1. The number of carbonyl (C=O) groups is 1. The quantitative estimate of drug-likeness (QED) is 0.655. The van der Waals surface area contributed by atoms with Crippen LogP contribution in [0, 0.1) is 0 Å². The van der Waals surface area contributed by atoms with Gasteiger partial charge in [-0.3, -0.25) is 14.7 Å². The van der Waals surface area contributed by atoms with Gasteiger partial charge in [0.1, 0.15) is 11.4 Å². The topological polar surface area (TPSA) is 57.7 Å². The number of carbonyl (C=O) groups excluding carboxylic acids is 1. The number of rotatable bonds is 6. The Bertz CT molecular complexity index is 975. The zero-order valence-electron chi connectivity index (χ0n) is 17.1. The number of hydrogen-bond donors (Lipinski definition) is 1. The summed E-state index contributed by atoms with van der Waals surface area (Å²) in [5, 5.41) is 5.41. The van der Waals surface area contributed by atoms with Crippen LogP contribution in [0.1, 0.15) is 10.5 Å². The SMILES string of the molecule is COc1ccc2cccc(N3CCN(CCNC(=O)c4ccccn4)CC3)c2c1.Cl. The molecule has 0 saturated carbocycles. The van der Waals surface area contributed by atoms with Crippen molar-refractivity contribution < 1.29 is 9.53 Å². The summed E-state index contributed by atoms with van der Waals surface area (Å²) >= 11 is 0. The number of ether oxygens (including phenoxy) is 1. The van der Waals surface area contributed by atoms with Gasteiger partial charge in [-0.1, -0.05) is 24.3 Å². The van der Waals surface area contributed by atoms with Gasteiger partial charge in [0, 0.05) is 56.5 Å². The maximum Gasteiger partial charge on any atom is 0.269 e. The lowest BCUT2D eigenvalue weighted by atomic mass is 10.1. The Labute approximate surface area is 183 Å². The molecule has 1 N–H and O–H groups in total. The second-order valence-electron chi connectivity index (χ2n) is 7.16. The molecule has 0 spiro atoms. The number of nitrogens with zero attached hydrogens (tertiary/aromatic N) is 3. The minimum atomic E-state index is -0.117. The summed E-state index contributed by atoms with van der Waals surface area (Å²) in [5.74, 6) is 0.765. The largest absolute Gasteiger partial charge is 0.497 e. The average Bonchev–Trinajstić information content (AvgIpc) is 2.79. The molecule has 7 heteroatoms. The zero-order chi connectivity index (χ0) is 20.1. The van der Waals surface area contributed by atoms with E-state index in [0.29, 0.717) is 12.2 Å². The van der Waals surface area contributed by atoms with Crippen molar-refractivity contribution in [2.45, 2.75) is 0 Å². The number of piperazine rings is 1. The summed E-state index contributed by atoms with van der Waals surface area (Å²) in [7, 11) is 1.70. The highest BCUT2D eigenvalue weighted by atomic mass is 35.5. The van der Waals surface area contributed by atoms with Crippen LogP contribution in [0.3, 0.4) is 0 Å². The minimum absolute atomic E-state index is 0. The fourth-order valence-electron chi connectivity index (χ4n) is 3.77. The molecule has 1 aromatic heterocycles. The van der Waals surface area contributed by atoms with Gasteiger partial charge in [-0.05, 0) is 35.7 Å². The maximum absolute atomic E-state index is 12.1. The van der Waals surface area contributed by atoms with E-state index in [2.05, 4.69) is 50.4 Å². The third-order valence-corrected chi connectivity index (χ3v) is 5.39. The standard InChI is InChI=1S/C23H26N4O2.ClH/c1-29-19-9-8-18-5-4-7-22(20(18)17-19)27-15-13-26(14-16-27)12-11-25-23(28)21-6-2-3-10-24-21;/h2-10,17H,11-16H2,1H3,(H,25,28);1H. The lowest BCUT2D eigenvalue weighted by Gasteiger charge is -2.36. The van der Waals surface area contributed by atoms with Gasteiger partial charge in [-0.2, -0.15) is 0 Å². The Morgan fingerprint density at radius 2 is 1.90 bits per heavy atom. The number of halogens is 1. The van der Waals surface area contributed by atoms with Crippen molar-refractivity contribution in [2.75, 3.05) is 51.3 Å². The maximum atomic E-state index is 12.1. The van der Waals surface area contributed by atoms with Crippen LogP contribution in [0.15, 0.2) is 60.8 Å². The Hall–Kier alpha value is -2.83. The first-order chi connectivity index (χ1) is 14.2. The molecule has 4 rings (SSSR count). The number of aromatic nitrogens is 1. The molecule has 3 aromatic rings. The van der Waals surface area contributed by atoms with E-state index in [0.717, 1.165) is 38.5 Å². The minimum Gasteiger partial charge on any atom is -0.497 e. The van der Waals surface area contributed by atoms with E-state index in [1.807, 2.05) is 18.2 Å². The third-order valence-electron chi connectivity index (χ3n) is 5.39. The van der Waals surface area contributed by atoms with Crippen molar-refractivity contribution in [1.82, 2.24) is 15.2 Å². The van der Waals surface area contributed by atoms with Crippen LogP contribution in [-0.2, 0) is 0 Å². The van der Waals surface area contributed by atoms with E-state index in [4.69, 9.17) is 4.74 Å². The van der Waals surface area contributed by atoms with E-state index in [1.54, 1.807) is 19.4 Å². The number of hydrogen-bond acceptors (Lipinski definition) is 5. The summed E-state index contributed by atoms with van der Waals surface area (Å²) in [4.78, 5) is 21.0. The zero-order valence-corrected chi connectivity index (χ0v) is 17.9.